The van der Waals surface area contributed by atoms with E-state index in [1.807, 2.05) is 13.0 Å². The zero-order chi connectivity index (χ0) is 14.8. The van der Waals surface area contributed by atoms with Gasteiger partial charge in [-0.2, -0.15) is 0 Å². The normalized spacial score (nSPS) is 39.1. The minimum absolute atomic E-state index is 0.0225. The summed E-state index contributed by atoms with van der Waals surface area (Å²) in [4.78, 5) is 12.3. The van der Waals surface area contributed by atoms with Crippen LogP contribution >= 0.6 is 22.6 Å². The summed E-state index contributed by atoms with van der Waals surface area (Å²) in [5.41, 5.74) is 0. The fourth-order valence-corrected chi connectivity index (χ4v) is 3.67. The van der Waals surface area contributed by atoms with Crippen LogP contribution in [0.3, 0.4) is 0 Å². The Morgan fingerprint density at radius 3 is 3.00 bits per heavy atom. The summed E-state index contributed by atoms with van der Waals surface area (Å²) in [6.45, 7) is 6.14. The molecule has 1 N–H and O–H groups in total. The van der Waals surface area contributed by atoms with E-state index in [1.165, 1.54) is 0 Å². The van der Waals surface area contributed by atoms with Crippen LogP contribution in [0.2, 0.25) is 0 Å². The third kappa shape index (κ3) is 3.43. The SMILES string of the molecule is C=CC(CCI)C[C@@H]1CC(=O)[C@]2(CC(O)C(C)CO2)O1. The summed E-state index contributed by atoms with van der Waals surface area (Å²) in [6, 6.07) is 0. The van der Waals surface area contributed by atoms with Crippen LogP contribution in [-0.2, 0) is 14.3 Å². The van der Waals surface area contributed by atoms with Crippen molar-refractivity contribution in [2.75, 3.05) is 11.0 Å². The number of hydrogen-bond donors (Lipinski definition) is 1. The maximum Gasteiger partial charge on any atom is 0.231 e. The predicted octanol–water partition coefficient (Wildman–Crippen LogP) is 2.48. The summed E-state index contributed by atoms with van der Waals surface area (Å²) in [7, 11) is 0. The van der Waals surface area contributed by atoms with Crippen molar-refractivity contribution >= 4 is 28.4 Å². The van der Waals surface area contributed by atoms with Crippen molar-refractivity contribution in [3.8, 4) is 0 Å². The van der Waals surface area contributed by atoms with Gasteiger partial charge in [0.1, 0.15) is 0 Å². The van der Waals surface area contributed by atoms with Gasteiger partial charge in [-0.3, -0.25) is 4.79 Å². The van der Waals surface area contributed by atoms with E-state index in [4.69, 9.17) is 9.47 Å². The second-order valence-corrected chi connectivity index (χ2v) is 6.97. The Kier molecular flexibility index (Phi) is 5.62. The predicted molar refractivity (Wildman–Crippen MR) is 84.8 cm³/mol. The lowest BCUT2D eigenvalue weighted by atomic mass is 9.92. The van der Waals surface area contributed by atoms with Crippen molar-refractivity contribution < 1.29 is 19.4 Å². The van der Waals surface area contributed by atoms with E-state index in [0.717, 1.165) is 17.3 Å². The maximum atomic E-state index is 12.3. The smallest absolute Gasteiger partial charge is 0.231 e. The highest BCUT2D eigenvalue weighted by molar-refractivity contribution is 14.1. The number of halogens is 1. The molecule has 2 rings (SSSR count). The largest absolute Gasteiger partial charge is 0.393 e. The standard InChI is InChI=1S/C15H23IO4/c1-3-11(4-5-16)6-12-7-14(18)15(20-12)8-13(17)10(2)9-19-15/h3,10-13,17H,1,4-9H2,2H3/t10?,11?,12-,13?,15+/m1/s1. The molecule has 2 heterocycles. The molecule has 0 radical (unpaired) electrons. The van der Waals surface area contributed by atoms with Gasteiger partial charge in [-0.25, -0.2) is 0 Å². The van der Waals surface area contributed by atoms with E-state index in [1.54, 1.807) is 0 Å². The number of carbonyl (C=O) groups excluding carboxylic acids is 1. The Morgan fingerprint density at radius 2 is 2.40 bits per heavy atom. The number of aliphatic hydroxyl groups excluding tert-OH is 1. The molecule has 0 aliphatic carbocycles. The first-order valence-corrected chi connectivity index (χ1v) is 8.75. The highest BCUT2D eigenvalue weighted by atomic mass is 127. The van der Waals surface area contributed by atoms with E-state index < -0.39 is 11.9 Å². The van der Waals surface area contributed by atoms with Crippen LogP contribution in [0, 0.1) is 11.8 Å². The minimum atomic E-state index is -1.19. The first kappa shape index (κ1) is 16.4. The number of aliphatic hydroxyl groups is 1. The van der Waals surface area contributed by atoms with Gasteiger partial charge in [-0.05, 0) is 18.8 Å². The van der Waals surface area contributed by atoms with E-state index >= 15 is 0 Å². The number of rotatable bonds is 5. The van der Waals surface area contributed by atoms with Gasteiger partial charge < -0.3 is 14.6 Å². The number of allylic oxidation sites excluding steroid dienone is 1. The molecule has 114 valence electrons. The summed E-state index contributed by atoms with van der Waals surface area (Å²) >= 11 is 2.34. The molecule has 0 saturated carbocycles. The molecule has 0 bridgehead atoms. The lowest BCUT2D eigenvalue weighted by molar-refractivity contribution is -0.261. The molecular formula is C15H23IO4. The zero-order valence-electron chi connectivity index (χ0n) is 11.9. The monoisotopic (exact) mass is 394 g/mol. The maximum absolute atomic E-state index is 12.3. The summed E-state index contributed by atoms with van der Waals surface area (Å²) in [6.07, 6.45) is 3.78. The molecule has 2 fully saturated rings. The van der Waals surface area contributed by atoms with Crippen molar-refractivity contribution in [2.45, 2.75) is 50.6 Å². The Labute approximate surface area is 134 Å². The lowest BCUT2D eigenvalue weighted by Gasteiger charge is -2.37. The molecule has 0 aromatic heterocycles. The summed E-state index contributed by atoms with van der Waals surface area (Å²) in [5, 5.41) is 9.99. The second kappa shape index (κ2) is 6.85. The summed E-state index contributed by atoms with van der Waals surface area (Å²) < 4.78 is 12.6. The number of alkyl halides is 1. The molecule has 2 aliphatic heterocycles. The highest BCUT2D eigenvalue weighted by Gasteiger charge is 2.53. The van der Waals surface area contributed by atoms with Crippen LogP contribution in [0.25, 0.3) is 0 Å². The van der Waals surface area contributed by atoms with Crippen LogP contribution < -0.4 is 0 Å². The Morgan fingerprint density at radius 1 is 1.65 bits per heavy atom. The fourth-order valence-electron chi connectivity index (χ4n) is 2.87. The van der Waals surface area contributed by atoms with Crippen LogP contribution in [0.1, 0.15) is 32.6 Å². The van der Waals surface area contributed by atoms with E-state index in [-0.39, 0.29) is 24.2 Å². The average Bonchev–Trinajstić information content (AvgIpc) is 2.70. The molecule has 0 aromatic rings. The van der Waals surface area contributed by atoms with Gasteiger partial charge in [0.25, 0.3) is 0 Å². The fraction of sp³-hybridized carbons (Fsp3) is 0.800. The Balaban J connectivity index is 1.98. The van der Waals surface area contributed by atoms with E-state index in [9.17, 15) is 9.90 Å². The molecule has 0 aromatic carbocycles. The van der Waals surface area contributed by atoms with E-state index in [0.29, 0.717) is 18.9 Å². The molecule has 5 atom stereocenters. The Bertz CT molecular complexity index is 373. The first-order valence-electron chi connectivity index (χ1n) is 7.22. The van der Waals surface area contributed by atoms with Gasteiger partial charge in [0.2, 0.25) is 5.79 Å². The third-order valence-electron chi connectivity index (χ3n) is 4.29. The Hall–Kier alpha value is 0.0200. The quantitative estimate of drug-likeness (QED) is 0.442. The van der Waals surface area contributed by atoms with Crippen LogP contribution in [0.4, 0.5) is 0 Å². The number of carbonyl (C=O) groups is 1. The van der Waals surface area contributed by atoms with Crippen molar-refractivity contribution in [1.82, 2.24) is 0 Å². The van der Waals surface area contributed by atoms with Crippen molar-refractivity contribution in [1.29, 1.82) is 0 Å². The molecule has 2 saturated heterocycles. The lowest BCUT2D eigenvalue weighted by Crippen LogP contribution is -2.50. The first-order chi connectivity index (χ1) is 9.50. The molecule has 3 unspecified atom stereocenters. The van der Waals surface area contributed by atoms with Crippen LogP contribution in [0.5, 0.6) is 0 Å². The molecule has 20 heavy (non-hydrogen) atoms. The van der Waals surface area contributed by atoms with Gasteiger partial charge >= 0.3 is 0 Å². The molecule has 2 aliphatic rings. The van der Waals surface area contributed by atoms with Gasteiger partial charge in [-0.15, -0.1) is 6.58 Å². The van der Waals surface area contributed by atoms with Crippen LogP contribution in [0.15, 0.2) is 12.7 Å². The van der Waals surface area contributed by atoms with Crippen molar-refractivity contribution in [3.63, 3.8) is 0 Å². The van der Waals surface area contributed by atoms with Crippen LogP contribution in [-0.4, -0.2) is 39.9 Å². The minimum Gasteiger partial charge on any atom is -0.393 e. The topological polar surface area (TPSA) is 55.8 Å². The molecule has 5 heteroatoms. The van der Waals surface area contributed by atoms with Crippen molar-refractivity contribution in [2.24, 2.45) is 11.8 Å². The van der Waals surface area contributed by atoms with Gasteiger partial charge in [0.05, 0.1) is 18.8 Å². The third-order valence-corrected chi connectivity index (χ3v) is 4.91. The molecule has 4 nitrogen and oxygen atoms in total. The number of ether oxygens (including phenoxy) is 2. The van der Waals surface area contributed by atoms with Crippen molar-refractivity contribution in [3.05, 3.63) is 12.7 Å². The molecular weight excluding hydrogens is 371 g/mol. The number of ketones is 1. The average molecular weight is 394 g/mol. The summed E-state index contributed by atoms with van der Waals surface area (Å²) in [5.74, 6) is -0.791. The number of hydrogen-bond acceptors (Lipinski definition) is 4. The van der Waals surface area contributed by atoms with Gasteiger partial charge in [0, 0.05) is 23.2 Å². The molecule has 1 spiro atoms. The molecule has 0 amide bonds. The van der Waals surface area contributed by atoms with Gasteiger partial charge in [0.15, 0.2) is 5.78 Å². The number of Topliss-reactive ketones (excluding diaryl/α,β-unsaturated/α-hetero) is 1. The van der Waals surface area contributed by atoms with Gasteiger partial charge in [-0.1, -0.05) is 35.6 Å². The van der Waals surface area contributed by atoms with E-state index in [2.05, 4.69) is 29.2 Å². The highest BCUT2D eigenvalue weighted by Crippen LogP contribution is 2.39. The second-order valence-electron chi connectivity index (χ2n) is 5.89. The zero-order valence-corrected chi connectivity index (χ0v) is 14.0.